The Balaban J connectivity index is 2.15. The Labute approximate surface area is 135 Å². The van der Waals surface area contributed by atoms with Gasteiger partial charge in [0, 0.05) is 4.90 Å². The van der Waals surface area contributed by atoms with Gasteiger partial charge in [-0.3, -0.25) is 9.59 Å². The van der Waals surface area contributed by atoms with Crippen molar-refractivity contribution < 1.29 is 9.59 Å². The SMILES string of the molecule is C#CC(CC)(CC)NC(=O)CN1C(=O)CSc2ccccc21. The highest BCUT2D eigenvalue weighted by Gasteiger charge is 2.30. The second-order valence-electron chi connectivity index (χ2n) is 5.22. The summed E-state index contributed by atoms with van der Waals surface area (Å²) >= 11 is 1.50. The summed E-state index contributed by atoms with van der Waals surface area (Å²) in [5.74, 6) is 2.74. The summed E-state index contributed by atoms with van der Waals surface area (Å²) in [5, 5.41) is 2.90. The monoisotopic (exact) mass is 316 g/mol. The number of benzene rings is 1. The number of rotatable bonds is 5. The van der Waals surface area contributed by atoms with Crippen LogP contribution in [0.25, 0.3) is 0 Å². The Kier molecular flexibility index (Phi) is 5.15. The lowest BCUT2D eigenvalue weighted by Gasteiger charge is -2.31. The van der Waals surface area contributed by atoms with Gasteiger partial charge in [-0.05, 0) is 25.0 Å². The highest BCUT2D eigenvalue weighted by molar-refractivity contribution is 8.00. The summed E-state index contributed by atoms with van der Waals surface area (Å²) in [6, 6.07) is 7.62. The van der Waals surface area contributed by atoms with Gasteiger partial charge in [0.2, 0.25) is 11.8 Å². The summed E-state index contributed by atoms with van der Waals surface area (Å²) in [7, 11) is 0. The molecule has 0 aliphatic carbocycles. The Morgan fingerprint density at radius 2 is 2.09 bits per heavy atom. The van der Waals surface area contributed by atoms with E-state index in [0.29, 0.717) is 18.6 Å². The number of carbonyl (C=O) groups excluding carboxylic acids is 2. The Morgan fingerprint density at radius 3 is 2.73 bits per heavy atom. The molecule has 22 heavy (non-hydrogen) atoms. The van der Waals surface area contributed by atoms with Gasteiger partial charge in [-0.15, -0.1) is 18.2 Å². The van der Waals surface area contributed by atoms with Crippen molar-refractivity contribution in [1.82, 2.24) is 5.32 Å². The molecule has 0 fully saturated rings. The zero-order valence-electron chi connectivity index (χ0n) is 12.9. The van der Waals surface area contributed by atoms with E-state index in [4.69, 9.17) is 6.42 Å². The minimum Gasteiger partial charge on any atom is -0.338 e. The molecule has 0 saturated carbocycles. The first kappa shape index (κ1) is 16.4. The number of fused-ring (bicyclic) bond motifs is 1. The van der Waals surface area contributed by atoms with Crippen molar-refractivity contribution in [3.8, 4) is 12.3 Å². The van der Waals surface area contributed by atoms with Crippen LogP contribution in [0, 0.1) is 12.3 Å². The van der Waals surface area contributed by atoms with E-state index in [9.17, 15) is 9.59 Å². The quantitative estimate of drug-likeness (QED) is 0.849. The molecule has 1 aromatic rings. The van der Waals surface area contributed by atoms with Gasteiger partial charge in [0.15, 0.2) is 0 Å². The topological polar surface area (TPSA) is 49.4 Å². The predicted molar refractivity (Wildman–Crippen MR) is 89.8 cm³/mol. The van der Waals surface area contributed by atoms with Crippen molar-refractivity contribution in [1.29, 1.82) is 0 Å². The molecule has 2 rings (SSSR count). The van der Waals surface area contributed by atoms with Crippen LogP contribution < -0.4 is 10.2 Å². The molecular weight excluding hydrogens is 296 g/mol. The van der Waals surface area contributed by atoms with E-state index in [1.165, 1.54) is 16.7 Å². The zero-order chi connectivity index (χ0) is 16.2. The van der Waals surface area contributed by atoms with Crippen LogP contribution >= 0.6 is 11.8 Å². The van der Waals surface area contributed by atoms with Crippen molar-refractivity contribution in [2.45, 2.75) is 37.1 Å². The molecule has 0 aromatic heterocycles. The number of para-hydroxylation sites is 1. The van der Waals surface area contributed by atoms with Crippen LogP contribution in [-0.2, 0) is 9.59 Å². The van der Waals surface area contributed by atoms with E-state index in [0.717, 1.165) is 10.6 Å². The number of nitrogens with one attached hydrogen (secondary N) is 1. The number of carbonyl (C=O) groups is 2. The van der Waals surface area contributed by atoms with Gasteiger partial charge in [0.1, 0.15) is 12.1 Å². The lowest BCUT2D eigenvalue weighted by atomic mass is 9.94. The van der Waals surface area contributed by atoms with Gasteiger partial charge in [-0.2, -0.15) is 0 Å². The molecular formula is C17H20N2O2S. The van der Waals surface area contributed by atoms with E-state index in [-0.39, 0.29) is 18.4 Å². The highest BCUT2D eigenvalue weighted by Crippen LogP contribution is 2.34. The van der Waals surface area contributed by atoms with Crippen LogP contribution in [0.1, 0.15) is 26.7 Å². The van der Waals surface area contributed by atoms with Gasteiger partial charge < -0.3 is 10.2 Å². The maximum atomic E-state index is 12.4. The van der Waals surface area contributed by atoms with Crippen LogP contribution in [-0.4, -0.2) is 29.7 Å². The third-order valence-electron chi connectivity index (χ3n) is 3.97. The van der Waals surface area contributed by atoms with E-state index in [1.54, 1.807) is 0 Å². The maximum Gasteiger partial charge on any atom is 0.241 e. The largest absolute Gasteiger partial charge is 0.338 e. The Morgan fingerprint density at radius 1 is 1.41 bits per heavy atom. The lowest BCUT2D eigenvalue weighted by molar-refractivity contribution is -0.124. The molecule has 2 amide bonds. The van der Waals surface area contributed by atoms with E-state index < -0.39 is 5.54 Å². The number of amides is 2. The molecule has 0 spiro atoms. The Hall–Kier alpha value is -1.93. The molecule has 0 radical (unpaired) electrons. The fourth-order valence-electron chi connectivity index (χ4n) is 2.44. The molecule has 1 N–H and O–H groups in total. The Bertz CT molecular complexity index is 617. The molecule has 1 aliphatic heterocycles. The minimum absolute atomic E-state index is 0.000162. The summed E-state index contributed by atoms with van der Waals surface area (Å²) in [6.45, 7) is 3.89. The number of nitrogens with zero attached hydrogens (tertiary/aromatic N) is 1. The van der Waals surface area contributed by atoms with E-state index in [2.05, 4.69) is 11.2 Å². The minimum atomic E-state index is -0.635. The molecule has 5 heteroatoms. The fourth-order valence-corrected chi connectivity index (χ4v) is 3.38. The third kappa shape index (κ3) is 3.28. The van der Waals surface area contributed by atoms with Gasteiger partial charge in [-0.1, -0.05) is 31.9 Å². The van der Waals surface area contributed by atoms with Crippen molar-refractivity contribution >= 4 is 29.3 Å². The first-order chi connectivity index (χ1) is 10.5. The maximum absolute atomic E-state index is 12.4. The number of hydrogen-bond donors (Lipinski definition) is 1. The summed E-state index contributed by atoms with van der Waals surface area (Å²) < 4.78 is 0. The average molecular weight is 316 g/mol. The second-order valence-corrected chi connectivity index (χ2v) is 6.24. The predicted octanol–water partition coefficient (Wildman–Crippen LogP) is 2.43. The first-order valence-electron chi connectivity index (χ1n) is 7.36. The number of thioether (sulfide) groups is 1. The molecule has 0 unspecified atom stereocenters. The molecule has 1 heterocycles. The third-order valence-corrected chi connectivity index (χ3v) is 5.02. The van der Waals surface area contributed by atoms with Crippen LogP contribution in [0.3, 0.4) is 0 Å². The van der Waals surface area contributed by atoms with Crippen molar-refractivity contribution in [3.63, 3.8) is 0 Å². The first-order valence-corrected chi connectivity index (χ1v) is 8.34. The van der Waals surface area contributed by atoms with E-state index >= 15 is 0 Å². The van der Waals surface area contributed by atoms with Gasteiger partial charge in [0.05, 0.1) is 11.4 Å². The van der Waals surface area contributed by atoms with Gasteiger partial charge in [-0.25, -0.2) is 0 Å². The molecule has 1 aromatic carbocycles. The lowest BCUT2D eigenvalue weighted by Crippen LogP contribution is -2.51. The number of terminal acetylenes is 1. The van der Waals surface area contributed by atoms with Crippen LogP contribution in [0.2, 0.25) is 0 Å². The van der Waals surface area contributed by atoms with Crippen molar-refractivity contribution in [2.75, 3.05) is 17.2 Å². The molecule has 0 atom stereocenters. The van der Waals surface area contributed by atoms with Crippen molar-refractivity contribution in [3.05, 3.63) is 24.3 Å². The molecule has 1 aliphatic rings. The summed E-state index contributed by atoms with van der Waals surface area (Å²) in [6.07, 6.45) is 6.88. The number of hydrogen-bond acceptors (Lipinski definition) is 3. The molecule has 0 saturated heterocycles. The zero-order valence-corrected chi connectivity index (χ0v) is 13.7. The second kappa shape index (κ2) is 6.89. The standard InChI is InChI=1S/C17H20N2O2S/c1-4-17(5-2,6-3)18-15(20)11-19-13-9-7-8-10-14(13)22-12-16(19)21/h1,7-10H,5-6,11-12H2,2-3H3,(H,18,20). The van der Waals surface area contributed by atoms with Crippen LogP contribution in [0.5, 0.6) is 0 Å². The number of anilines is 1. The van der Waals surface area contributed by atoms with Gasteiger partial charge >= 0.3 is 0 Å². The summed E-state index contributed by atoms with van der Waals surface area (Å²) in [4.78, 5) is 27.1. The fraction of sp³-hybridized carbons (Fsp3) is 0.412. The molecule has 0 bridgehead atoms. The molecule has 4 nitrogen and oxygen atoms in total. The molecule has 116 valence electrons. The van der Waals surface area contributed by atoms with E-state index in [1.807, 2.05) is 38.1 Å². The smallest absolute Gasteiger partial charge is 0.241 e. The van der Waals surface area contributed by atoms with Crippen LogP contribution in [0.15, 0.2) is 29.2 Å². The van der Waals surface area contributed by atoms with Crippen LogP contribution in [0.4, 0.5) is 5.69 Å². The average Bonchev–Trinajstić information content (AvgIpc) is 2.55. The normalized spacial score (nSPS) is 14.2. The summed E-state index contributed by atoms with van der Waals surface area (Å²) in [5.41, 5.74) is 0.155. The highest BCUT2D eigenvalue weighted by atomic mass is 32.2. The van der Waals surface area contributed by atoms with Crippen molar-refractivity contribution in [2.24, 2.45) is 0 Å². The van der Waals surface area contributed by atoms with Gasteiger partial charge in [0.25, 0.3) is 0 Å².